The molecule has 2 aliphatic rings. The van der Waals surface area contributed by atoms with Gasteiger partial charge in [-0.15, -0.1) is 0 Å². The highest BCUT2D eigenvalue weighted by Gasteiger charge is 2.36. The summed E-state index contributed by atoms with van der Waals surface area (Å²) in [5.41, 5.74) is 2.22. The number of hydrogen-bond acceptors (Lipinski definition) is 6. The zero-order valence-corrected chi connectivity index (χ0v) is 22.1. The van der Waals surface area contributed by atoms with Crippen molar-refractivity contribution >= 4 is 22.8 Å². The van der Waals surface area contributed by atoms with Crippen LogP contribution in [0, 0.1) is 0 Å². The number of rotatable bonds is 6. The lowest BCUT2D eigenvalue weighted by Crippen LogP contribution is -2.51. The van der Waals surface area contributed by atoms with Crippen molar-refractivity contribution in [3.05, 3.63) is 66.9 Å². The molecule has 2 saturated heterocycles. The van der Waals surface area contributed by atoms with Crippen LogP contribution in [0.5, 0.6) is 0 Å². The molecule has 0 radical (unpaired) electrons. The Kier molecular flexibility index (Phi) is 6.80. The van der Waals surface area contributed by atoms with E-state index in [1.165, 1.54) is 21.7 Å². The number of hydrogen-bond donors (Lipinski definition) is 1. The van der Waals surface area contributed by atoms with Crippen LogP contribution in [0.3, 0.4) is 0 Å². The standard InChI is InChI=1S/C28H25F4N7O3/c1-16(29)27(42)37-12-20(13-37)39-26-22(18-10-34-38(11-18)15-23(41)36-9-7-21(40)14-36)6-8-33-25(26)24(35-39)17-2-4-19(5-3-17)28(30,31)32/h2-6,8,10-11,20-21,40H,1,7,9,12-15H2. The number of nitrogens with zero attached hydrogens (tertiary/aromatic N) is 7. The van der Waals surface area contributed by atoms with Crippen LogP contribution in [0.1, 0.15) is 18.0 Å². The fourth-order valence-corrected chi connectivity index (χ4v) is 5.32. The molecule has 6 rings (SSSR count). The van der Waals surface area contributed by atoms with E-state index in [2.05, 4.69) is 16.7 Å². The summed E-state index contributed by atoms with van der Waals surface area (Å²) >= 11 is 0. The maximum atomic E-state index is 13.4. The second-order valence-corrected chi connectivity index (χ2v) is 10.4. The van der Waals surface area contributed by atoms with Crippen molar-refractivity contribution in [1.29, 1.82) is 0 Å². The molecule has 4 aromatic rings. The van der Waals surface area contributed by atoms with E-state index in [1.54, 1.807) is 34.2 Å². The molecule has 3 aromatic heterocycles. The summed E-state index contributed by atoms with van der Waals surface area (Å²) in [4.78, 5) is 32.1. The lowest BCUT2D eigenvalue weighted by molar-refractivity contribution is -0.137. The normalized spacial score (nSPS) is 17.6. The van der Waals surface area contributed by atoms with Crippen molar-refractivity contribution in [2.75, 3.05) is 26.2 Å². The van der Waals surface area contributed by atoms with E-state index in [0.29, 0.717) is 46.4 Å². The molecule has 10 nitrogen and oxygen atoms in total. The molecule has 1 unspecified atom stereocenters. The largest absolute Gasteiger partial charge is 0.416 e. The highest BCUT2D eigenvalue weighted by molar-refractivity contribution is 5.99. The van der Waals surface area contributed by atoms with Crippen LogP contribution in [0.2, 0.25) is 0 Å². The number of carbonyl (C=O) groups excluding carboxylic acids is 2. The second kappa shape index (κ2) is 10.4. The fourth-order valence-electron chi connectivity index (χ4n) is 5.32. The second-order valence-electron chi connectivity index (χ2n) is 10.4. The van der Waals surface area contributed by atoms with Crippen molar-refractivity contribution in [2.24, 2.45) is 0 Å². The summed E-state index contributed by atoms with van der Waals surface area (Å²) in [6.45, 7) is 4.08. The molecule has 1 atom stereocenters. The average Bonchev–Trinajstić information content (AvgIpc) is 3.66. The van der Waals surface area contributed by atoms with Crippen molar-refractivity contribution in [3.63, 3.8) is 0 Å². The molecule has 2 aliphatic heterocycles. The van der Waals surface area contributed by atoms with Gasteiger partial charge >= 0.3 is 6.18 Å². The lowest BCUT2D eigenvalue weighted by Gasteiger charge is -2.39. The van der Waals surface area contributed by atoms with Crippen molar-refractivity contribution in [3.8, 4) is 22.4 Å². The predicted octanol–water partition coefficient (Wildman–Crippen LogP) is 3.44. The molecule has 2 amide bonds. The maximum Gasteiger partial charge on any atom is 0.416 e. The minimum atomic E-state index is -4.50. The Bertz CT molecular complexity index is 1690. The van der Waals surface area contributed by atoms with Gasteiger partial charge in [0.25, 0.3) is 5.91 Å². The summed E-state index contributed by atoms with van der Waals surface area (Å²) in [5.74, 6) is -2.07. The number of aliphatic hydroxyl groups is 1. The van der Waals surface area contributed by atoms with Gasteiger partial charge in [-0.3, -0.25) is 23.9 Å². The van der Waals surface area contributed by atoms with Gasteiger partial charge in [-0.2, -0.15) is 23.4 Å². The Balaban J connectivity index is 1.38. The van der Waals surface area contributed by atoms with E-state index in [1.807, 2.05) is 0 Å². The number of aliphatic hydroxyl groups excluding tert-OH is 1. The quantitative estimate of drug-likeness (QED) is 0.275. The van der Waals surface area contributed by atoms with E-state index in [0.717, 1.165) is 12.1 Å². The fraction of sp³-hybridized carbons (Fsp3) is 0.321. The third-order valence-corrected chi connectivity index (χ3v) is 7.56. The first-order valence-electron chi connectivity index (χ1n) is 13.2. The van der Waals surface area contributed by atoms with Crippen molar-refractivity contribution in [2.45, 2.75) is 31.3 Å². The number of pyridine rings is 1. The molecule has 1 aromatic carbocycles. The molecule has 0 aliphatic carbocycles. The zero-order valence-electron chi connectivity index (χ0n) is 22.1. The Morgan fingerprint density at radius 2 is 1.79 bits per heavy atom. The number of carbonyl (C=O) groups is 2. The van der Waals surface area contributed by atoms with Gasteiger partial charge in [0.05, 0.1) is 29.4 Å². The average molecular weight is 584 g/mol. The van der Waals surface area contributed by atoms with E-state index < -0.39 is 29.6 Å². The van der Waals surface area contributed by atoms with Gasteiger partial charge in [0.15, 0.2) is 5.83 Å². The van der Waals surface area contributed by atoms with Crippen LogP contribution in [-0.2, 0) is 22.3 Å². The number of halogens is 4. The SMILES string of the molecule is C=C(F)C(=O)N1CC(n2nc(-c3ccc(C(F)(F)F)cc3)c3nccc(-c4cnn(CC(=O)N5CCC(O)C5)c4)c32)C1. The molecule has 0 saturated carbocycles. The monoisotopic (exact) mass is 583 g/mol. The van der Waals surface area contributed by atoms with Crippen LogP contribution < -0.4 is 0 Å². The van der Waals surface area contributed by atoms with Crippen LogP contribution in [-0.4, -0.2) is 83.5 Å². The van der Waals surface area contributed by atoms with Gasteiger partial charge in [-0.05, 0) is 24.6 Å². The summed E-state index contributed by atoms with van der Waals surface area (Å²) < 4.78 is 56.1. The first-order chi connectivity index (χ1) is 20.0. The molecular formula is C28H25F4N7O3. The minimum absolute atomic E-state index is 0.0240. The van der Waals surface area contributed by atoms with E-state index >= 15 is 0 Å². The molecule has 14 heteroatoms. The number of fused-ring (bicyclic) bond motifs is 1. The highest BCUT2D eigenvalue weighted by atomic mass is 19.4. The predicted molar refractivity (Wildman–Crippen MR) is 142 cm³/mol. The van der Waals surface area contributed by atoms with Gasteiger partial charge in [-0.25, -0.2) is 4.39 Å². The van der Waals surface area contributed by atoms with Gasteiger partial charge < -0.3 is 14.9 Å². The summed E-state index contributed by atoms with van der Waals surface area (Å²) in [6, 6.07) is 5.97. The van der Waals surface area contributed by atoms with Crippen molar-refractivity contribution in [1.82, 2.24) is 34.3 Å². The third kappa shape index (κ3) is 5.02. The Labute approximate surface area is 236 Å². The lowest BCUT2D eigenvalue weighted by atomic mass is 10.0. The first kappa shape index (κ1) is 27.6. The minimum Gasteiger partial charge on any atom is -0.391 e. The molecule has 2 fully saturated rings. The van der Waals surface area contributed by atoms with Crippen LogP contribution >= 0.6 is 0 Å². The van der Waals surface area contributed by atoms with E-state index in [-0.39, 0.29) is 38.1 Å². The van der Waals surface area contributed by atoms with E-state index in [9.17, 15) is 32.3 Å². The molecular weight excluding hydrogens is 558 g/mol. The van der Waals surface area contributed by atoms with Gasteiger partial charge in [0.1, 0.15) is 17.8 Å². The Hall–Kier alpha value is -4.59. The molecule has 5 heterocycles. The Morgan fingerprint density at radius 3 is 2.43 bits per heavy atom. The van der Waals surface area contributed by atoms with Gasteiger partial charge in [0, 0.05) is 55.3 Å². The third-order valence-electron chi connectivity index (χ3n) is 7.56. The number of aromatic nitrogens is 5. The van der Waals surface area contributed by atoms with Crippen molar-refractivity contribution < 1.29 is 32.3 Å². The number of benzene rings is 1. The van der Waals surface area contributed by atoms with Crippen LogP contribution in [0.25, 0.3) is 33.4 Å². The Morgan fingerprint density at radius 1 is 1.05 bits per heavy atom. The summed E-state index contributed by atoms with van der Waals surface area (Å²) in [6.07, 6.45) is 0.323. The van der Waals surface area contributed by atoms with Gasteiger partial charge in [-0.1, -0.05) is 18.7 Å². The zero-order chi connectivity index (χ0) is 29.8. The number of β-amino-alcohol motifs (C(OH)–C–C–N with tert-alkyl or cyclic N) is 1. The van der Waals surface area contributed by atoms with E-state index in [4.69, 9.17) is 5.10 Å². The summed E-state index contributed by atoms with van der Waals surface area (Å²) in [5, 5.41) is 18.8. The first-order valence-corrected chi connectivity index (χ1v) is 13.2. The molecule has 218 valence electrons. The topological polar surface area (TPSA) is 109 Å². The van der Waals surface area contributed by atoms with Gasteiger partial charge in [0.2, 0.25) is 5.91 Å². The smallest absolute Gasteiger partial charge is 0.391 e. The number of likely N-dealkylation sites (tertiary alicyclic amines) is 2. The molecule has 0 bridgehead atoms. The number of amides is 2. The maximum absolute atomic E-state index is 13.4. The van der Waals surface area contributed by atoms with Crippen LogP contribution in [0.15, 0.2) is 61.3 Å². The van der Waals surface area contributed by atoms with Crippen LogP contribution in [0.4, 0.5) is 17.6 Å². The number of alkyl halides is 3. The molecule has 42 heavy (non-hydrogen) atoms. The summed E-state index contributed by atoms with van der Waals surface area (Å²) in [7, 11) is 0. The molecule has 1 N–H and O–H groups in total. The molecule has 0 spiro atoms. The highest BCUT2D eigenvalue weighted by Crippen LogP contribution is 2.38.